The zero-order valence-electron chi connectivity index (χ0n) is 16.7. The number of hydrogen-bond donors (Lipinski definition) is 0. The zero-order chi connectivity index (χ0) is 21.7. The standard InChI is InChI=1S/C21H23ClN2O5S/c1-28-18-13-16(14-19(15-18)29-2)3-8-21(25)23-9-11-24(12-10-23)30(26,27)20-6-4-17(22)5-7-20/h3-8,13-15H,9-12H2,1-2H3/b8-3+. The molecule has 1 aliphatic rings. The van der Waals surface area contributed by atoms with E-state index in [2.05, 4.69) is 0 Å². The van der Waals surface area contributed by atoms with Crippen LogP contribution in [0.25, 0.3) is 6.08 Å². The van der Waals surface area contributed by atoms with Gasteiger partial charge < -0.3 is 14.4 Å². The van der Waals surface area contributed by atoms with Crippen LogP contribution in [0.2, 0.25) is 5.02 Å². The number of rotatable bonds is 6. The molecule has 0 aliphatic carbocycles. The van der Waals surface area contributed by atoms with Crippen molar-refractivity contribution < 1.29 is 22.7 Å². The van der Waals surface area contributed by atoms with E-state index in [9.17, 15) is 13.2 Å². The Morgan fingerprint density at radius 1 is 0.967 bits per heavy atom. The molecule has 0 unspecified atom stereocenters. The summed E-state index contributed by atoms with van der Waals surface area (Å²) >= 11 is 5.84. The first-order valence-corrected chi connectivity index (χ1v) is 11.1. The largest absolute Gasteiger partial charge is 0.497 e. The third-order valence-corrected chi connectivity index (χ3v) is 6.96. The van der Waals surface area contributed by atoms with E-state index in [1.165, 1.54) is 22.5 Å². The highest BCUT2D eigenvalue weighted by atomic mass is 35.5. The van der Waals surface area contributed by atoms with Gasteiger partial charge in [0.25, 0.3) is 0 Å². The molecule has 9 heteroatoms. The highest BCUT2D eigenvalue weighted by Crippen LogP contribution is 2.24. The average molecular weight is 451 g/mol. The van der Waals surface area contributed by atoms with Gasteiger partial charge in [0.05, 0.1) is 19.1 Å². The van der Waals surface area contributed by atoms with Gasteiger partial charge in [0, 0.05) is 43.3 Å². The van der Waals surface area contributed by atoms with Crippen molar-refractivity contribution in [1.29, 1.82) is 0 Å². The Morgan fingerprint density at radius 2 is 1.53 bits per heavy atom. The molecule has 7 nitrogen and oxygen atoms in total. The fourth-order valence-electron chi connectivity index (χ4n) is 3.10. The second-order valence-electron chi connectivity index (χ2n) is 6.66. The van der Waals surface area contributed by atoms with Crippen molar-refractivity contribution in [3.63, 3.8) is 0 Å². The Labute approximate surface area is 181 Å². The van der Waals surface area contributed by atoms with Crippen LogP contribution >= 0.6 is 11.6 Å². The van der Waals surface area contributed by atoms with Crippen LogP contribution in [0.3, 0.4) is 0 Å². The van der Waals surface area contributed by atoms with Crippen molar-refractivity contribution in [1.82, 2.24) is 9.21 Å². The molecule has 2 aromatic carbocycles. The number of amides is 1. The SMILES string of the molecule is COc1cc(/C=C/C(=O)N2CCN(S(=O)(=O)c3ccc(Cl)cc3)CC2)cc(OC)c1. The predicted molar refractivity (Wildman–Crippen MR) is 115 cm³/mol. The first-order chi connectivity index (χ1) is 14.3. The molecule has 1 fully saturated rings. The Bertz CT molecular complexity index is 1010. The normalized spacial score (nSPS) is 15.4. The van der Waals surface area contributed by atoms with Crippen LogP contribution in [0.15, 0.2) is 53.4 Å². The molecule has 2 aromatic rings. The molecule has 0 N–H and O–H groups in total. The molecule has 1 saturated heterocycles. The fraction of sp³-hybridized carbons (Fsp3) is 0.286. The van der Waals surface area contributed by atoms with E-state index in [0.717, 1.165) is 5.56 Å². The summed E-state index contributed by atoms with van der Waals surface area (Å²) in [6, 6.07) is 11.4. The lowest BCUT2D eigenvalue weighted by atomic mass is 10.2. The summed E-state index contributed by atoms with van der Waals surface area (Å²) in [6.45, 7) is 1.10. The molecule has 3 rings (SSSR count). The van der Waals surface area contributed by atoms with Gasteiger partial charge in [-0.25, -0.2) is 8.42 Å². The minimum atomic E-state index is -3.61. The Balaban J connectivity index is 1.63. The summed E-state index contributed by atoms with van der Waals surface area (Å²) < 4.78 is 37.3. The van der Waals surface area contributed by atoms with Crippen molar-refractivity contribution in [2.24, 2.45) is 0 Å². The van der Waals surface area contributed by atoms with Crippen LogP contribution in [0, 0.1) is 0 Å². The monoisotopic (exact) mass is 450 g/mol. The first-order valence-electron chi connectivity index (χ1n) is 9.29. The Kier molecular flexibility index (Phi) is 7.02. The van der Waals surface area contributed by atoms with Crippen molar-refractivity contribution in [3.8, 4) is 11.5 Å². The van der Waals surface area contributed by atoms with Gasteiger partial charge in [-0.2, -0.15) is 4.31 Å². The smallest absolute Gasteiger partial charge is 0.246 e. The van der Waals surface area contributed by atoms with Gasteiger partial charge in [-0.15, -0.1) is 0 Å². The lowest BCUT2D eigenvalue weighted by Gasteiger charge is -2.33. The van der Waals surface area contributed by atoms with E-state index in [-0.39, 0.29) is 23.9 Å². The third kappa shape index (κ3) is 5.13. The van der Waals surface area contributed by atoms with Crippen LogP contribution in [-0.2, 0) is 14.8 Å². The maximum atomic E-state index is 12.7. The quantitative estimate of drug-likeness (QED) is 0.632. The van der Waals surface area contributed by atoms with Crippen molar-refractivity contribution in [2.45, 2.75) is 4.90 Å². The number of sulfonamides is 1. The minimum absolute atomic E-state index is 0.180. The highest BCUT2D eigenvalue weighted by molar-refractivity contribution is 7.89. The van der Waals surface area contributed by atoms with Gasteiger partial charge in [0.15, 0.2) is 0 Å². The molecule has 0 spiro atoms. The molecule has 0 saturated carbocycles. The molecule has 1 amide bonds. The van der Waals surface area contributed by atoms with E-state index in [4.69, 9.17) is 21.1 Å². The fourth-order valence-corrected chi connectivity index (χ4v) is 4.65. The lowest BCUT2D eigenvalue weighted by Crippen LogP contribution is -2.50. The number of halogens is 1. The topological polar surface area (TPSA) is 76.2 Å². The molecule has 0 bridgehead atoms. The van der Waals surface area contributed by atoms with Crippen LogP contribution in [-0.4, -0.2) is 63.9 Å². The summed E-state index contributed by atoms with van der Waals surface area (Å²) in [5.74, 6) is 1.07. The molecule has 0 radical (unpaired) electrons. The minimum Gasteiger partial charge on any atom is -0.497 e. The van der Waals surface area contributed by atoms with Gasteiger partial charge in [0.2, 0.25) is 15.9 Å². The van der Waals surface area contributed by atoms with Gasteiger partial charge in [-0.05, 0) is 48.0 Å². The predicted octanol–water partition coefficient (Wildman–Crippen LogP) is 2.90. The average Bonchev–Trinajstić information content (AvgIpc) is 2.77. The molecule has 0 aromatic heterocycles. The first kappa shape index (κ1) is 22.1. The molecule has 0 atom stereocenters. The van der Waals surface area contributed by atoms with E-state index in [1.54, 1.807) is 55.5 Å². The number of nitrogens with zero attached hydrogens (tertiary/aromatic N) is 2. The van der Waals surface area contributed by atoms with Gasteiger partial charge in [0.1, 0.15) is 11.5 Å². The highest BCUT2D eigenvalue weighted by Gasteiger charge is 2.29. The zero-order valence-corrected chi connectivity index (χ0v) is 18.3. The maximum Gasteiger partial charge on any atom is 0.246 e. The molecule has 30 heavy (non-hydrogen) atoms. The molecular weight excluding hydrogens is 428 g/mol. The lowest BCUT2D eigenvalue weighted by molar-refractivity contribution is -0.127. The second kappa shape index (κ2) is 9.51. The van der Waals surface area contributed by atoms with E-state index >= 15 is 0 Å². The number of hydrogen-bond acceptors (Lipinski definition) is 5. The van der Waals surface area contributed by atoms with Crippen molar-refractivity contribution in [3.05, 3.63) is 59.1 Å². The second-order valence-corrected chi connectivity index (χ2v) is 9.04. The third-order valence-electron chi connectivity index (χ3n) is 4.79. The summed E-state index contributed by atoms with van der Waals surface area (Å²) in [5, 5.41) is 0.477. The number of ether oxygens (including phenoxy) is 2. The van der Waals surface area contributed by atoms with E-state index in [0.29, 0.717) is 29.6 Å². The van der Waals surface area contributed by atoms with Crippen molar-refractivity contribution >= 4 is 33.6 Å². The van der Waals surface area contributed by atoms with Gasteiger partial charge in [-0.1, -0.05) is 11.6 Å². The molecule has 160 valence electrons. The van der Waals surface area contributed by atoms with Crippen molar-refractivity contribution in [2.75, 3.05) is 40.4 Å². The van der Waals surface area contributed by atoms with Crippen LogP contribution in [0.5, 0.6) is 11.5 Å². The Hall–Kier alpha value is -2.55. The van der Waals surface area contributed by atoms with Gasteiger partial charge >= 0.3 is 0 Å². The summed E-state index contributed by atoms with van der Waals surface area (Å²) in [6.07, 6.45) is 3.15. The van der Waals surface area contributed by atoms with E-state index < -0.39 is 10.0 Å². The summed E-state index contributed by atoms with van der Waals surface area (Å²) in [4.78, 5) is 14.4. The van der Waals surface area contributed by atoms with Crippen LogP contribution in [0.1, 0.15) is 5.56 Å². The molecule has 1 heterocycles. The number of benzene rings is 2. The van der Waals surface area contributed by atoms with Crippen LogP contribution in [0.4, 0.5) is 0 Å². The number of methoxy groups -OCH3 is 2. The number of carbonyl (C=O) groups excluding carboxylic acids is 1. The number of carbonyl (C=O) groups is 1. The van der Waals surface area contributed by atoms with Gasteiger partial charge in [-0.3, -0.25) is 4.79 Å². The van der Waals surface area contributed by atoms with Crippen LogP contribution < -0.4 is 9.47 Å². The summed E-state index contributed by atoms with van der Waals surface area (Å²) in [7, 11) is -0.487. The molecular formula is C21H23ClN2O5S. The number of piperazine rings is 1. The maximum absolute atomic E-state index is 12.7. The summed E-state index contributed by atoms with van der Waals surface area (Å²) in [5.41, 5.74) is 0.767. The molecule has 1 aliphatic heterocycles. The van der Waals surface area contributed by atoms with E-state index in [1.807, 2.05) is 0 Å². The Morgan fingerprint density at radius 3 is 2.07 bits per heavy atom.